The third-order valence-corrected chi connectivity index (χ3v) is 5.85. The first-order valence-electron chi connectivity index (χ1n) is 9.54. The van der Waals surface area contributed by atoms with Crippen LogP contribution in [0, 0.1) is 6.92 Å². The third-order valence-electron chi connectivity index (χ3n) is 4.85. The Morgan fingerprint density at radius 1 is 1.03 bits per heavy atom. The lowest BCUT2D eigenvalue weighted by Gasteiger charge is -2.05. The summed E-state index contributed by atoms with van der Waals surface area (Å²) < 4.78 is 7.42. The summed E-state index contributed by atoms with van der Waals surface area (Å²) >= 11 is 1.53. The molecule has 0 fully saturated rings. The fourth-order valence-electron chi connectivity index (χ4n) is 3.07. The van der Waals surface area contributed by atoms with Gasteiger partial charge in [-0.1, -0.05) is 79.3 Å². The van der Waals surface area contributed by atoms with Crippen molar-refractivity contribution >= 4 is 11.8 Å². The highest BCUT2D eigenvalue weighted by Gasteiger charge is 2.15. The van der Waals surface area contributed by atoms with Gasteiger partial charge in [-0.3, -0.25) is 0 Å². The number of benzene rings is 2. The molecule has 6 nitrogen and oxygen atoms in total. The van der Waals surface area contributed by atoms with Crippen LogP contribution in [0.4, 0.5) is 0 Å². The number of thioether (sulfide) groups is 1. The molecule has 2 aromatic heterocycles. The molecule has 0 saturated heterocycles. The van der Waals surface area contributed by atoms with Crippen LogP contribution in [0.25, 0.3) is 22.8 Å². The van der Waals surface area contributed by atoms with Crippen molar-refractivity contribution in [1.29, 1.82) is 0 Å². The molecule has 0 aliphatic carbocycles. The fourth-order valence-corrected chi connectivity index (χ4v) is 3.82. The van der Waals surface area contributed by atoms with E-state index in [0.717, 1.165) is 22.1 Å². The number of nitrogens with zero attached hydrogens (tertiary/aromatic N) is 5. The normalized spacial score (nSPS) is 11.3. The number of aryl methyl sites for hydroxylation is 1. The molecule has 2 heterocycles. The Morgan fingerprint density at radius 2 is 1.79 bits per heavy atom. The van der Waals surface area contributed by atoms with Crippen molar-refractivity contribution in [2.24, 2.45) is 7.05 Å². The minimum atomic E-state index is 0.497. The molecule has 7 heteroatoms. The quantitative estimate of drug-likeness (QED) is 0.408. The Balaban J connectivity index is 1.46. The Bertz CT molecular complexity index is 1110. The van der Waals surface area contributed by atoms with E-state index in [1.54, 1.807) is 0 Å². The van der Waals surface area contributed by atoms with Crippen molar-refractivity contribution < 1.29 is 4.52 Å². The van der Waals surface area contributed by atoms with Crippen LogP contribution in [0.5, 0.6) is 0 Å². The maximum Gasteiger partial charge on any atom is 0.237 e. The molecule has 0 radical (unpaired) electrons. The van der Waals surface area contributed by atoms with Gasteiger partial charge >= 0.3 is 0 Å². The van der Waals surface area contributed by atoms with E-state index in [1.807, 2.05) is 35.9 Å². The summed E-state index contributed by atoms with van der Waals surface area (Å²) in [5, 5.41) is 13.6. The summed E-state index contributed by atoms with van der Waals surface area (Å²) in [6, 6.07) is 16.5. The summed E-state index contributed by atoms with van der Waals surface area (Å²) in [7, 11) is 1.97. The van der Waals surface area contributed by atoms with Crippen LogP contribution in [0.15, 0.2) is 58.2 Å². The van der Waals surface area contributed by atoms with Crippen LogP contribution < -0.4 is 0 Å². The van der Waals surface area contributed by atoms with Crippen molar-refractivity contribution in [2.75, 3.05) is 0 Å². The van der Waals surface area contributed by atoms with Gasteiger partial charge in [-0.05, 0) is 24.0 Å². The lowest BCUT2D eigenvalue weighted by molar-refractivity contribution is 0.391. The first-order chi connectivity index (χ1) is 14.0. The molecule has 0 amide bonds. The van der Waals surface area contributed by atoms with Gasteiger partial charge in [-0.15, -0.1) is 10.2 Å². The van der Waals surface area contributed by atoms with Gasteiger partial charge in [0, 0.05) is 18.2 Å². The Labute approximate surface area is 174 Å². The van der Waals surface area contributed by atoms with E-state index in [9.17, 15) is 0 Å². The molecular weight excluding hydrogens is 382 g/mol. The van der Waals surface area contributed by atoms with Gasteiger partial charge in [-0.2, -0.15) is 4.98 Å². The van der Waals surface area contributed by atoms with Crippen molar-refractivity contribution in [3.05, 3.63) is 65.5 Å². The summed E-state index contributed by atoms with van der Waals surface area (Å²) in [6.07, 6.45) is 0. The van der Waals surface area contributed by atoms with Crippen LogP contribution >= 0.6 is 11.8 Å². The Morgan fingerprint density at radius 3 is 2.52 bits per heavy atom. The van der Waals surface area contributed by atoms with E-state index >= 15 is 0 Å². The second-order valence-electron chi connectivity index (χ2n) is 7.26. The van der Waals surface area contributed by atoms with Crippen LogP contribution in [0.2, 0.25) is 0 Å². The molecular formula is C22H23N5OS. The van der Waals surface area contributed by atoms with Crippen molar-refractivity contribution in [3.63, 3.8) is 0 Å². The zero-order chi connectivity index (χ0) is 20.4. The molecule has 0 unspecified atom stereocenters. The number of rotatable bonds is 6. The molecule has 0 atom stereocenters. The highest BCUT2D eigenvalue weighted by molar-refractivity contribution is 7.98. The van der Waals surface area contributed by atoms with Crippen LogP contribution in [-0.4, -0.2) is 24.9 Å². The van der Waals surface area contributed by atoms with Gasteiger partial charge in [0.25, 0.3) is 0 Å². The second-order valence-corrected chi connectivity index (χ2v) is 8.20. The SMILES string of the molecule is Cc1ccccc1-c1nnc(SCc2nc(-c3ccc(C(C)C)cc3)no2)n1C. The van der Waals surface area contributed by atoms with Gasteiger partial charge in [0.2, 0.25) is 11.7 Å². The van der Waals surface area contributed by atoms with Gasteiger partial charge in [0.05, 0.1) is 5.75 Å². The Kier molecular flexibility index (Phi) is 5.49. The van der Waals surface area contributed by atoms with Gasteiger partial charge < -0.3 is 9.09 Å². The van der Waals surface area contributed by atoms with Crippen LogP contribution in [-0.2, 0) is 12.8 Å². The summed E-state index contributed by atoms with van der Waals surface area (Å²) in [5.74, 6) is 3.06. The molecule has 0 N–H and O–H groups in total. The fraction of sp³-hybridized carbons (Fsp3) is 0.273. The highest BCUT2D eigenvalue weighted by atomic mass is 32.2. The maximum atomic E-state index is 5.43. The molecule has 29 heavy (non-hydrogen) atoms. The zero-order valence-electron chi connectivity index (χ0n) is 17.0. The van der Waals surface area contributed by atoms with Gasteiger partial charge in [-0.25, -0.2) is 0 Å². The van der Waals surface area contributed by atoms with E-state index in [0.29, 0.717) is 23.4 Å². The third kappa shape index (κ3) is 4.10. The molecule has 4 aromatic rings. The van der Waals surface area contributed by atoms with E-state index in [-0.39, 0.29) is 0 Å². The lowest BCUT2D eigenvalue weighted by Crippen LogP contribution is -1.96. The minimum Gasteiger partial charge on any atom is -0.338 e. The number of aromatic nitrogens is 5. The highest BCUT2D eigenvalue weighted by Crippen LogP contribution is 2.27. The molecule has 148 valence electrons. The average Bonchev–Trinajstić information content (AvgIpc) is 3.34. The van der Waals surface area contributed by atoms with Crippen molar-refractivity contribution in [3.8, 4) is 22.8 Å². The van der Waals surface area contributed by atoms with Gasteiger partial charge in [0.15, 0.2) is 11.0 Å². The van der Waals surface area contributed by atoms with E-state index in [1.165, 1.54) is 22.9 Å². The van der Waals surface area contributed by atoms with Crippen LogP contribution in [0.3, 0.4) is 0 Å². The molecule has 0 aliphatic rings. The second kappa shape index (κ2) is 8.21. The largest absolute Gasteiger partial charge is 0.338 e. The Hall–Kier alpha value is -2.93. The van der Waals surface area contributed by atoms with E-state index in [4.69, 9.17) is 4.52 Å². The predicted octanol–water partition coefficient (Wildman–Crippen LogP) is 5.26. The first kappa shape index (κ1) is 19.4. The smallest absolute Gasteiger partial charge is 0.237 e. The summed E-state index contributed by atoms with van der Waals surface area (Å²) in [6.45, 7) is 6.43. The van der Waals surface area contributed by atoms with Crippen molar-refractivity contribution in [1.82, 2.24) is 24.9 Å². The molecule has 4 rings (SSSR count). The maximum absolute atomic E-state index is 5.43. The zero-order valence-corrected chi connectivity index (χ0v) is 17.8. The van der Waals surface area contributed by atoms with Gasteiger partial charge in [0.1, 0.15) is 0 Å². The monoisotopic (exact) mass is 405 g/mol. The minimum absolute atomic E-state index is 0.497. The molecule has 0 spiro atoms. The standard InChI is InChI=1S/C22H23N5OS/c1-14(2)16-9-11-17(12-10-16)20-23-19(28-26-20)13-29-22-25-24-21(27(22)4)18-8-6-5-7-15(18)3/h5-12,14H,13H2,1-4H3. The number of hydrogen-bond donors (Lipinski definition) is 0. The predicted molar refractivity (Wildman–Crippen MR) is 115 cm³/mol. The molecule has 0 saturated carbocycles. The molecule has 2 aromatic carbocycles. The van der Waals surface area contributed by atoms with Crippen LogP contribution in [0.1, 0.15) is 36.8 Å². The first-order valence-corrected chi connectivity index (χ1v) is 10.5. The summed E-state index contributed by atoms with van der Waals surface area (Å²) in [4.78, 5) is 4.52. The lowest BCUT2D eigenvalue weighted by atomic mass is 10.0. The van der Waals surface area contributed by atoms with Crippen molar-refractivity contribution in [2.45, 2.75) is 37.6 Å². The topological polar surface area (TPSA) is 69.6 Å². The summed E-state index contributed by atoms with van der Waals surface area (Å²) in [5.41, 5.74) is 4.50. The molecule has 0 aliphatic heterocycles. The number of hydrogen-bond acceptors (Lipinski definition) is 6. The van der Waals surface area contributed by atoms with E-state index < -0.39 is 0 Å². The van der Waals surface area contributed by atoms with E-state index in [2.05, 4.69) is 65.4 Å². The average molecular weight is 406 g/mol. The molecule has 0 bridgehead atoms.